The van der Waals surface area contributed by atoms with Crippen LogP contribution in [-0.2, 0) is 0 Å². The Balaban J connectivity index is 1.92. The molecule has 70 valence electrons. The van der Waals surface area contributed by atoms with Crippen molar-refractivity contribution in [2.24, 2.45) is 11.8 Å². The highest BCUT2D eigenvalue weighted by atomic mass is 32.2. The molecule has 2 aliphatic heterocycles. The van der Waals surface area contributed by atoms with Crippen molar-refractivity contribution in [2.45, 2.75) is 45.2 Å². The van der Waals surface area contributed by atoms with Crippen LogP contribution < -0.4 is 0 Å². The Morgan fingerprint density at radius 3 is 2.17 bits per heavy atom. The van der Waals surface area contributed by atoms with E-state index < -0.39 is 0 Å². The Hall–Kier alpha value is 0.310. The fraction of sp³-hybridized carbons (Fsp3) is 1.00. The molecule has 0 amide bonds. The lowest BCUT2D eigenvalue weighted by atomic mass is 9.71. The highest BCUT2D eigenvalue weighted by Crippen LogP contribution is 2.46. The lowest BCUT2D eigenvalue weighted by molar-refractivity contribution is 0.0160. The summed E-state index contributed by atoms with van der Waals surface area (Å²) in [6.45, 7) is 4.75. The topological polar surface area (TPSA) is 3.24 Å². The average molecular weight is 185 g/mol. The van der Waals surface area contributed by atoms with E-state index >= 15 is 0 Å². The molecule has 3 fully saturated rings. The largest absolute Gasteiger partial charge is 0.245 e. The van der Waals surface area contributed by atoms with Crippen LogP contribution in [0.2, 0.25) is 0 Å². The molecule has 0 radical (unpaired) electrons. The number of nitrogens with zero attached hydrogens (tertiary/aromatic N) is 1. The summed E-state index contributed by atoms with van der Waals surface area (Å²) in [5.74, 6) is 1.91. The second-order valence-corrected chi connectivity index (χ2v) is 5.35. The monoisotopic (exact) mass is 185 g/mol. The third-order valence-electron chi connectivity index (χ3n) is 3.57. The second kappa shape index (κ2) is 3.22. The normalized spacial score (nSPS) is 41.5. The van der Waals surface area contributed by atoms with Gasteiger partial charge in [0.2, 0.25) is 0 Å². The van der Waals surface area contributed by atoms with Crippen LogP contribution in [0.4, 0.5) is 0 Å². The van der Waals surface area contributed by atoms with Gasteiger partial charge in [0.25, 0.3) is 0 Å². The van der Waals surface area contributed by atoms with E-state index in [1.807, 2.05) is 11.9 Å². The minimum atomic E-state index is 0.902. The number of fused-ring (bicyclic) bond motifs is 2. The van der Waals surface area contributed by atoms with Crippen LogP contribution in [0.5, 0.6) is 0 Å². The zero-order valence-corrected chi connectivity index (χ0v) is 9.10. The molecule has 2 heteroatoms. The first-order valence-corrected chi connectivity index (χ1v) is 6.23. The molecule has 0 spiro atoms. The van der Waals surface area contributed by atoms with Gasteiger partial charge in [0.15, 0.2) is 0 Å². The number of hydrogen-bond acceptors (Lipinski definition) is 2. The summed E-state index contributed by atoms with van der Waals surface area (Å²) < 4.78 is 2.61. The zero-order chi connectivity index (χ0) is 8.72. The molecular weight excluding hydrogens is 166 g/mol. The zero-order valence-electron chi connectivity index (χ0n) is 8.29. The van der Waals surface area contributed by atoms with E-state index in [-0.39, 0.29) is 0 Å². The van der Waals surface area contributed by atoms with E-state index in [9.17, 15) is 0 Å². The quantitative estimate of drug-likeness (QED) is 0.609. The molecule has 1 nitrogen and oxygen atoms in total. The van der Waals surface area contributed by atoms with Crippen molar-refractivity contribution in [1.29, 1.82) is 0 Å². The van der Waals surface area contributed by atoms with Crippen molar-refractivity contribution < 1.29 is 0 Å². The second-order valence-electron chi connectivity index (χ2n) is 4.56. The summed E-state index contributed by atoms with van der Waals surface area (Å²) in [6, 6.07) is 1.84. The van der Waals surface area contributed by atoms with Gasteiger partial charge in [-0.2, -0.15) is 0 Å². The average Bonchev–Trinajstić information content (AvgIpc) is 2.05. The smallest absolute Gasteiger partial charge is 0.0223 e. The Labute approximate surface area is 80.0 Å². The van der Waals surface area contributed by atoms with Crippen LogP contribution in [0.1, 0.15) is 33.1 Å². The maximum absolute atomic E-state index is 2.61. The molecule has 1 saturated carbocycles. The predicted octanol–water partition coefficient (Wildman–Crippen LogP) is 2.77. The summed E-state index contributed by atoms with van der Waals surface area (Å²) >= 11 is 1.95. The maximum atomic E-state index is 2.61. The van der Waals surface area contributed by atoms with Gasteiger partial charge >= 0.3 is 0 Å². The van der Waals surface area contributed by atoms with Crippen LogP contribution in [0.25, 0.3) is 0 Å². The molecule has 2 heterocycles. The summed E-state index contributed by atoms with van der Waals surface area (Å²) in [5, 5.41) is 0. The van der Waals surface area contributed by atoms with E-state index in [0.29, 0.717) is 0 Å². The fourth-order valence-electron chi connectivity index (χ4n) is 2.72. The van der Waals surface area contributed by atoms with Crippen molar-refractivity contribution in [1.82, 2.24) is 4.31 Å². The molecule has 0 aromatic rings. The molecule has 2 atom stereocenters. The van der Waals surface area contributed by atoms with Gasteiger partial charge in [-0.15, -0.1) is 0 Å². The first kappa shape index (κ1) is 8.89. The fourth-order valence-corrected chi connectivity index (χ4v) is 3.66. The molecule has 3 rings (SSSR count). The maximum Gasteiger partial charge on any atom is 0.0223 e. The number of hydrogen-bond donors (Lipinski definition) is 0. The molecular formula is C10H19NS. The van der Waals surface area contributed by atoms with Crippen molar-refractivity contribution in [3.05, 3.63) is 0 Å². The van der Waals surface area contributed by atoms with E-state index in [1.165, 1.54) is 19.3 Å². The highest BCUT2D eigenvalue weighted by molar-refractivity contribution is 7.96. The van der Waals surface area contributed by atoms with Crippen LogP contribution in [-0.4, -0.2) is 22.6 Å². The van der Waals surface area contributed by atoms with Gasteiger partial charge in [-0.05, 0) is 37.4 Å². The molecule has 3 aliphatic rings. The predicted molar refractivity (Wildman–Crippen MR) is 55.1 cm³/mol. The van der Waals surface area contributed by atoms with Crippen LogP contribution in [0, 0.1) is 11.8 Å². The third-order valence-corrected chi connectivity index (χ3v) is 4.59. The van der Waals surface area contributed by atoms with Crippen molar-refractivity contribution >= 4 is 11.9 Å². The molecule has 12 heavy (non-hydrogen) atoms. The van der Waals surface area contributed by atoms with E-state index in [2.05, 4.69) is 24.4 Å². The standard InChI is InChI=1S/C10H19NS/c1-7(2)8-4-9-6-10(5-8)11(9)12-3/h7-10H,4-6H2,1-3H3. The molecule has 2 unspecified atom stereocenters. The lowest BCUT2D eigenvalue weighted by Gasteiger charge is -2.55. The molecule has 1 aliphatic carbocycles. The molecule has 2 bridgehead atoms. The Morgan fingerprint density at radius 2 is 1.75 bits per heavy atom. The van der Waals surface area contributed by atoms with Crippen molar-refractivity contribution in [3.63, 3.8) is 0 Å². The van der Waals surface area contributed by atoms with Gasteiger partial charge in [0, 0.05) is 12.1 Å². The van der Waals surface area contributed by atoms with E-state index in [0.717, 1.165) is 23.9 Å². The molecule has 0 aromatic heterocycles. The Bertz CT molecular complexity index is 157. The van der Waals surface area contributed by atoms with Gasteiger partial charge in [-0.3, -0.25) is 0 Å². The van der Waals surface area contributed by atoms with Crippen LogP contribution in [0.3, 0.4) is 0 Å². The van der Waals surface area contributed by atoms with Crippen molar-refractivity contribution in [3.8, 4) is 0 Å². The van der Waals surface area contributed by atoms with Gasteiger partial charge in [-0.25, -0.2) is 4.31 Å². The molecule has 0 N–H and O–H groups in total. The summed E-state index contributed by atoms with van der Waals surface area (Å²) in [6.07, 6.45) is 6.60. The summed E-state index contributed by atoms with van der Waals surface area (Å²) in [7, 11) is 0. The van der Waals surface area contributed by atoms with E-state index in [4.69, 9.17) is 0 Å². The third kappa shape index (κ3) is 1.29. The number of rotatable bonds is 2. The minimum absolute atomic E-state index is 0.902. The molecule has 0 aromatic carbocycles. The summed E-state index contributed by atoms with van der Waals surface area (Å²) in [4.78, 5) is 0. The first-order valence-electron chi connectivity index (χ1n) is 5.04. The minimum Gasteiger partial charge on any atom is -0.245 e. The Kier molecular flexibility index (Phi) is 2.39. The van der Waals surface area contributed by atoms with Gasteiger partial charge < -0.3 is 0 Å². The first-order chi connectivity index (χ1) is 5.72. The van der Waals surface area contributed by atoms with Crippen molar-refractivity contribution in [2.75, 3.05) is 6.26 Å². The molecule has 2 saturated heterocycles. The summed E-state index contributed by atoms with van der Waals surface area (Å²) in [5.41, 5.74) is 0. The van der Waals surface area contributed by atoms with Crippen LogP contribution >= 0.6 is 11.9 Å². The lowest BCUT2D eigenvalue weighted by Crippen LogP contribution is -2.57. The van der Waals surface area contributed by atoms with E-state index in [1.54, 1.807) is 0 Å². The van der Waals surface area contributed by atoms with Gasteiger partial charge in [0.05, 0.1) is 0 Å². The number of piperidine rings is 1. The van der Waals surface area contributed by atoms with Gasteiger partial charge in [-0.1, -0.05) is 25.8 Å². The van der Waals surface area contributed by atoms with Crippen LogP contribution in [0.15, 0.2) is 0 Å². The van der Waals surface area contributed by atoms with Gasteiger partial charge in [0.1, 0.15) is 0 Å². The highest BCUT2D eigenvalue weighted by Gasteiger charge is 2.45. The SMILES string of the molecule is CSN1C2CC(C(C)C)CC1C2. The Morgan fingerprint density at radius 1 is 1.17 bits per heavy atom.